The molecule has 0 aromatic rings. The van der Waals surface area contributed by atoms with Gasteiger partial charge in [0, 0.05) is 6.42 Å². The summed E-state index contributed by atoms with van der Waals surface area (Å²) in [6.45, 7) is 3.66. The molecule has 1 heterocycles. The number of alkyl halides is 9. The minimum atomic E-state index is -7.43. The zero-order valence-corrected chi connectivity index (χ0v) is 15.6. The normalized spacial score (nSPS) is 17.7. The Hall–Kier alpha value is -0.740. The molecule has 1 aliphatic heterocycles. The minimum Gasteiger partial charge on any atom is -0.743 e. The molecule has 5 nitrogen and oxygen atoms in total. The lowest BCUT2D eigenvalue weighted by Gasteiger charge is -2.34. The second-order valence-electron chi connectivity index (χ2n) is 5.29. The van der Waals surface area contributed by atoms with Crippen molar-refractivity contribution in [2.75, 3.05) is 30.5 Å². The Morgan fingerprint density at radius 2 is 1.39 bits per heavy atom. The van der Waals surface area contributed by atoms with Crippen LogP contribution >= 0.6 is 0 Å². The Morgan fingerprint density at radius 3 is 1.71 bits per heavy atom. The van der Waals surface area contributed by atoms with Gasteiger partial charge in [-0.05, 0) is 10.9 Å². The van der Waals surface area contributed by atoms with E-state index in [0.29, 0.717) is 23.1 Å². The minimum absolute atomic E-state index is 0.351. The van der Waals surface area contributed by atoms with Gasteiger partial charge in [-0.1, -0.05) is 6.92 Å². The maximum Gasteiger partial charge on any atom is 0.460 e. The van der Waals surface area contributed by atoms with Gasteiger partial charge in [0.1, 0.15) is 11.5 Å². The third kappa shape index (κ3) is 6.13. The van der Waals surface area contributed by atoms with Crippen molar-refractivity contribution in [2.45, 2.75) is 36.6 Å². The number of halogens is 9. The SMILES string of the molecule is CCC(=O)C[S+]1CCOCC1.O=S(=O)([O-])C(F)(F)C(F)(F)C(F)(F)C(F)(F)F. The van der Waals surface area contributed by atoms with Crippen molar-refractivity contribution in [1.82, 2.24) is 0 Å². The van der Waals surface area contributed by atoms with E-state index in [9.17, 15) is 57.3 Å². The van der Waals surface area contributed by atoms with Crippen LogP contribution in [0.1, 0.15) is 13.3 Å². The summed E-state index contributed by atoms with van der Waals surface area (Å²) in [6, 6.07) is 0. The van der Waals surface area contributed by atoms with Crippen LogP contribution in [0.15, 0.2) is 0 Å². The predicted molar refractivity (Wildman–Crippen MR) is 78.7 cm³/mol. The van der Waals surface area contributed by atoms with Crippen molar-refractivity contribution in [3.8, 4) is 0 Å². The van der Waals surface area contributed by atoms with Crippen molar-refractivity contribution >= 4 is 26.8 Å². The van der Waals surface area contributed by atoms with Crippen LogP contribution < -0.4 is 0 Å². The molecule has 0 aromatic carbocycles. The molecule has 168 valence electrons. The van der Waals surface area contributed by atoms with Gasteiger partial charge in [0.15, 0.2) is 21.7 Å². The fraction of sp³-hybridized carbons (Fsp3) is 0.917. The summed E-state index contributed by atoms with van der Waals surface area (Å²) in [5, 5.41) is -7.11. The van der Waals surface area contributed by atoms with Crippen LogP contribution in [0.5, 0.6) is 0 Å². The molecule has 0 amide bonds. The average Bonchev–Trinajstić information content (AvgIpc) is 2.53. The number of carbonyl (C=O) groups excluding carboxylic acids is 1. The summed E-state index contributed by atoms with van der Waals surface area (Å²) in [4.78, 5) is 11.0. The van der Waals surface area contributed by atoms with Crippen LogP contribution in [0.2, 0.25) is 0 Å². The highest BCUT2D eigenvalue weighted by Gasteiger charge is 2.83. The average molecular weight is 474 g/mol. The standard InChI is InChI=1S/C8H15O2S.C4HF9O3S/c1-2-8(9)7-11-5-3-10-4-6-11;5-1(6,3(9,10)11)2(7,8)4(12,13)17(14,15)16/h2-7H2,1H3;(H,14,15,16)/q+1;/p-1. The number of Topliss-reactive ketones (excluding diaryl/α,β-unsaturated/α-hetero) is 1. The number of ketones is 1. The van der Waals surface area contributed by atoms with Gasteiger partial charge in [-0.15, -0.1) is 0 Å². The predicted octanol–water partition coefficient (Wildman–Crippen LogP) is 2.57. The van der Waals surface area contributed by atoms with Gasteiger partial charge in [-0.3, -0.25) is 4.79 Å². The number of hydrogen-bond acceptors (Lipinski definition) is 5. The molecule has 1 aliphatic rings. The van der Waals surface area contributed by atoms with Gasteiger partial charge >= 0.3 is 23.3 Å². The Bertz CT molecular complexity index is 628. The van der Waals surface area contributed by atoms with Crippen LogP contribution in [0.3, 0.4) is 0 Å². The van der Waals surface area contributed by atoms with Gasteiger partial charge < -0.3 is 9.29 Å². The Labute approximate surface area is 156 Å². The molecule has 0 saturated carbocycles. The van der Waals surface area contributed by atoms with E-state index < -0.39 is 33.4 Å². The summed E-state index contributed by atoms with van der Waals surface area (Å²) in [5.74, 6) is -11.4. The largest absolute Gasteiger partial charge is 0.743 e. The fourth-order valence-electron chi connectivity index (χ4n) is 1.55. The van der Waals surface area contributed by atoms with Gasteiger partial charge in [0.2, 0.25) is 0 Å². The Balaban J connectivity index is 0.000000567. The van der Waals surface area contributed by atoms with Gasteiger partial charge in [0.25, 0.3) is 0 Å². The van der Waals surface area contributed by atoms with E-state index in [1.54, 1.807) is 0 Å². The first kappa shape index (κ1) is 27.3. The van der Waals surface area contributed by atoms with Crippen molar-refractivity contribution in [1.29, 1.82) is 0 Å². The molecule has 0 aromatic heterocycles. The molecule has 0 N–H and O–H groups in total. The zero-order chi connectivity index (χ0) is 22.6. The van der Waals surface area contributed by atoms with Crippen LogP contribution in [0, 0.1) is 0 Å². The van der Waals surface area contributed by atoms with Crippen LogP contribution in [0.4, 0.5) is 39.5 Å². The van der Waals surface area contributed by atoms with E-state index in [1.165, 1.54) is 0 Å². The molecule has 16 heteroatoms. The monoisotopic (exact) mass is 474 g/mol. The quantitative estimate of drug-likeness (QED) is 0.336. The molecule has 0 spiro atoms. The third-order valence-corrected chi connectivity index (χ3v) is 6.32. The highest BCUT2D eigenvalue weighted by molar-refractivity contribution is 7.97. The topological polar surface area (TPSA) is 83.5 Å². The van der Waals surface area contributed by atoms with E-state index in [-0.39, 0.29) is 0 Å². The van der Waals surface area contributed by atoms with Crippen molar-refractivity contribution in [3.05, 3.63) is 0 Å². The van der Waals surface area contributed by atoms with E-state index in [0.717, 1.165) is 30.5 Å². The summed E-state index contributed by atoms with van der Waals surface area (Å²) in [7, 11) is -7.07. The summed E-state index contributed by atoms with van der Waals surface area (Å²) >= 11 is 0. The second kappa shape index (κ2) is 9.38. The molecule has 0 aliphatic carbocycles. The smallest absolute Gasteiger partial charge is 0.460 e. The van der Waals surface area contributed by atoms with E-state index in [2.05, 4.69) is 0 Å². The fourth-order valence-corrected chi connectivity index (χ4v) is 3.85. The molecular weight excluding hydrogens is 459 g/mol. The van der Waals surface area contributed by atoms with E-state index in [4.69, 9.17) is 4.74 Å². The van der Waals surface area contributed by atoms with Gasteiger partial charge in [0.05, 0.1) is 13.2 Å². The molecule has 0 atom stereocenters. The van der Waals surface area contributed by atoms with Crippen molar-refractivity contribution in [2.24, 2.45) is 0 Å². The van der Waals surface area contributed by atoms with E-state index in [1.807, 2.05) is 6.92 Å². The van der Waals surface area contributed by atoms with Gasteiger partial charge in [-0.25, -0.2) is 8.42 Å². The lowest BCUT2D eigenvalue weighted by Crippen LogP contribution is -2.63. The first-order valence-electron chi connectivity index (χ1n) is 7.22. The summed E-state index contributed by atoms with van der Waals surface area (Å²) < 4.78 is 141. The molecule has 0 bridgehead atoms. The highest BCUT2D eigenvalue weighted by atomic mass is 32.2. The van der Waals surface area contributed by atoms with Crippen LogP contribution in [0.25, 0.3) is 0 Å². The first-order chi connectivity index (χ1) is 12.3. The molecular formula is C12H15F9O5S2. The Morgan fingerprint density at radius 1 is 0.964 bits per heavy atom. The van der Waals surface area contributed by atoms with E-state index >= 15 is 0 Å². The lowest BCUT2D eigenvalue weighted by molar-refractivity contribution is -0.382. The number of hydrogen-bond donors (Lipinski definition) is 0. The zero-order valence-electron chi connectivity index (χ0n) is 14.0. The molecule has 0 unspecified atom stereocenters. The first-order valence-corrected chi connectivity index (χ1v) is 10.4. The molecule has 1 fully saturated rings. The van der Waals surface area contributed by atoms with Crippen LogP contribution in [-0.2, 0) is 30.5 Å². The number of ether oxygens (including phenoxy) is 1. The maximum absolute atomic E-state index is 12.2. The highest BCUT2D eigenvalue weighted by Crippen LogP contribution is 2.54. The summed E-state index contributed by atoms with van der Waals surface area (Å²) in [6.07, 6.45) is -6.46. The number of rotatable bonds is 6. The number of carbonyl (C=O) groups is 1. The third-order valence-electron chi connectivity index (χ3n) is 3.22. The molecule has 1 saturated heterocycles. The molecule has 28 heavy (non-hydrogen) atoms. The molecule has 0 radical (unpaired) electrons. The lowest BCUT2D eigenvalue weighted by atomic mass is 10.1. The maximum atomic E-state index is 12.2. The second-order valence-corrected chi connectivity index (χ2v) is 9.04. The van der Waals surface area contributed by atoms with Gasteiger partial charge in [-0.2, -0.15) is 39.5 Å². The molecule has 1 rings (SSSR count). The van der Waals surface area contributed by atoms with Crippen molar-refractivity contribution < 1.29 is 62.0 Å². The summed E-state index contributed by atoms with van der Waals surface area (Å²) in [5.41, 5.74) is 0. The Kier molecular flexibility index (Phi) is 9.13. The van der Waals surface area contributed by atoms with Crippen molar-refractivity contribution in [3.63, 3.8) is 0 Å². The van der Waals surface area contributed by atoms with Crippen LogP contribution in [-0.4, -0.2) is 72.5 Å².